The van der Waals surface area contributed by atoms with Gasteiger partial charge in [0.2, 0.25) is 0 Å². The Balaban J connectivity index is 1.31. The van der Waals surface area contributed by atoms with Gasteiger partial charge in [-0.05, 0) is 122 Å². The van der Waals surface area contributed by atoms with Crippen molar-refractivity contribution in [2.45, 2.75) is 139 Å². The number of aromatic nitrogens is 2. The second-order valence-corrected chi connectivity index (χ2v) is 18.8. The second-order valence-electron chi connectivity index (χ2n) is 18.8. The number of ketones is 2. The number of carbonyl (C=O) groups excluding carboxylic acids is 3. The Kier molecular flexibility index (Phi) is 8.67. The van der Waals surface area contributed by atoms with E-state index in [0.29, 0.717) is 30.4 Å². The average Bonchev–Trinajstić information content (AvgIpc) is 3.32. The van der Waals surface area contributed by atoms with Crippen LogP contribution in [0.5, 0.6) is 0 Å². The third-order valence-electron chi connectivity index (χ3n) is 15.3. The van der Waals surface area contributed by atoms with Gasteiger partial charge in [0.25, 0.3) is 0 Å². The molecule has 0 bridgehead atoms. The van der Waals surface area contributed by atoms with Gasteiger partial charge in [-0.3, -0.25) is 19.2 Å². The van der Waals surface area contributed by atoms with Crippen molar-refractivity contribution in [2.75, 3.05) is 0 Å². The Bertz CT molecular complexity index is 1580. The molecule has 1 aromatic heterocycles. The number of nitrogens with zero attached hydrogens (tertiary/aromatic N) is 2. The van der Waals surface area contributed by atoms with Crippen LogP contribution >= 0.6 is 0 Å². The molecule has 0 aliphatic heterocycles. The van der Waals surface area contributed by atoms with Gasteiger partial charge in [0, 0.05) is 24.5 Å². The van der Waals surface area contributed by atoms with Crippen molar-refractivity contribution in [3.05, 3.63) is 35.4 Å². The van der Waals surface area contributed by atoms with Crippen LogP contribution in [0.4, 0.5) is 0 Å². The molecule has 0 saturated heterocycles. The van der Waals surface area contributed by atoms with E-state index in [0.717, 1.165) is 50.5 Å². The SMILES string of the molecule is CC(C)C1=C2[C@H]3CC[C@@H]4[C@@]5(C)CC[C@H](OC(=O)CC(C)(C)C(=O)O)C(C)(C)[C@@H]5CC[C@@]4(C)[C@]3(C)CC[C@@]2(C(=O)Cc2ccncn2)CC1=O. The van der Waals surface area contributed by atoms with E-state index in [-0.39, 0.29) is 64.0 Å². The first kappa shape index (κ1) is 35.9. The number of carboxylic acids is 1. The topological polar surface area (TPSA) is 124 Å². The number of hydrogen-bond acceptors (Lipinski definition) is 7. The molecule has 6 rings (SSSR count). The molecule has 8 atom stereocenters. The molecule has 1 heterocycles. The maximum absolute atomic E-state index is 14.4. The number of rotatable bonds is 8. The van der Waals surface area contributed by atoms with Gasteiger partial charge < -0.3 is 9.84 Å². The molecular formula is C41H58N2O6. The fourth-order valence-electron chi connectivity index (χ4n) is 12.5. The molecule has 4 saturated carbocycles. The first-order chi connectivity index (χ1) is 22.7. The van der Waals surface area contributed by atoms with Gasteiger partial charge in [0.15, 0.2) is 5.78 Å². The van der Waals surface area contributed by atoms with E-state index in [1.165, 1.54) is 11.9 Å². The lowest BCUT2D eigenvalue weighted by atomic mass is 9.33. The fraction of sp³-hybridized carbons (Fsp3) is 0.756. The van der Waals surface area contributed by atoms with Crippen LogP contribution in [0.2, 0.25) is 0 Å². The van der Waals surface area contributed by atoms with E-state index < -0.39 is 22.8 Å². The molecule has 5 aliphatic carbocycles. The van der Waals surface area contributed by atoms with Crippen molar-refractivity contribution < 1.29 is 29.0 Å². The Morgan fingerprint density at radius 3 is 2.31 bits per heavy atom. The monoisotopic (exact) mass is 674 g/mol. The van der Waals surface area contributed by atoms with E-state index >= 15 is 0 Å². The first-order valence-corrected chi connectivity index (χ1v) is 18.7. The number of allylic oxidation sites excluding steroid dienone is 2. The van der Waals surface area contributed by atoms with Gasteiger partial charge in [0.05, 0.1) is 22.9 Å². The van der Waals surface area contributed by atoms with E-state index in [9.17, 15) is 24.3 Å². The van der Waals surface area contributed by atoms with Crippen LogP contribution in [0.15, 0.2) is 29.7 Å². The third kappa shape index (κ3) is 5.27. The lowest BCUT2D eigenvalue weighted by molar-refractivity contribution is -0.233. The molecule has 0 radical (unpaired) electrons. The molecule has 1 aromatic rings. The largest absolute Gasteiger partial charge is 0.481 e. The van der Waals surface area contributed by atoms with Crippen molar-refractivity contribution >= 4 is 23.5 Å². The van der Waals surface area contributed by atoms with Crippen molar-refractivity contribution in [1.29, 1.82) is 0 Å². The summed E-state index contributed by atoms with van der Waals surface area (Å²) in [4.78, 5) is 61.5. The Labute approximate surface area is 292 Å². The molecule has 0 spiro atoms. The van der Waals surface area contributed by atoms with Gasteiger partial charge in [-0.25, -0.2) is 9.97 Å². The highest BCUT2D eigenvalue weighted by Gasteiger charge is 2.71. The zero-order valence-corrected chi connectivity index (χ0v) is 31.3. The number of fused-ring (bicyclic) bond motifs is 7. The molecule has 268 valence electrons. The molecule has 0 aromatic carbocycles. The van der Waals surface area contributed by atoms with Gasteiger partial charge in [0.1, 0.15) is 18.2 Å². The molecule has 0 unspecified atom stereocenters. The normalized spacial score (nSPS) is 38.3. The van der Waals surface area contributed by atoms with E-state index in [1.807, 2.05) is 6.07 Å². The third-order valence-corrected chi connectivity index (χ3v) is 15.3. The average molecular weight is 675 g/mol. The van der Waals surface area contributed by atoms with Crippen LogP contribution in [0.3, 0.4) is 0 Å². The summed E-state index contributed by atoms with van der Waals surface area (Å²) in [5.74, 6) is -0.0572. The van der Waals surface area contributed by atoms with Crippen LogP contribution < -0.4 is 0 Å². The van der Waals surface area contributed by atoms with Gasteiger partial charge in [-0.2, -0.15) is 0 Å². The van der Waals surface area contributed by atoms with Crippen molar-refractivity contribution in [1.82, 2.24) is 9.97 Å². The number of ether oxygens (including phenoxy) is 1. The summed E-state index contributed by atoms with van der Waals surface area (Å²) < 4.78 is 6.14. The quantitative estimate of drug-likeness (QED) is 0.275. The predicted octanol–water partition coefficient (Wildman–Crippen LogP) is 7.98. The highest BCUT2D eigenvalue weighted by Crippen LogP contribution is 2.76. The highest BCUT2D eigenvalue weighted by molar-refractivity contribution is 6.07. The summed E-state index contributed by atoms with van der Waals surface area (Å²) in [5.41, 5.74) is 0.655. The fourth-order valence-corrected chi connectivity index (χ4v) is 12.5. The summed E-state index contributed by atoms with van der Waals surface area (Å²) in [6.45, 7) is 19.4. The number of aliphatic carboxylic acids is 1. The van der Waals surface area contributed by atoms with Gasteiger partial charge in [-0.15, -0.1) is 0 Å². The number of carboxylic acid groups (broad SMARTS) is 1. The van der Waals surface area contributed by atoms with Crippen LogP contribution in [0.25, 0.3) is 0 Å². The first-order valence-electron chi connectivity index (χ1n) is 18.7. The number of esters is 1. The van der Waals surface area contributed by atoms with E-state index in [1.54, 1.807) is 20.0 Å². The van der Waals surface area contributed by atoms with Gasteiger partial charge >= 0.3 is 11.9 Å². The maximum Gasteiger partial charge on any atom is 0.309 e. The van der Waals surface area contributed by atoms with Crippen molar-refractivity contribution in [3.63, 3.8) is 0 Å². The standard InChI is InChI=1S/C41H58N2O6/c1-24(2)33-27(44)21-41(30(45)20-25-14-19-42-23-43-25)18-17-39(8)26(34(33)41)10-11-29-38(7)15-13-31(49-32(46)22-36(3,4)35(47)48)37(5,6)28(38)12-16-40(29,39)9/h14,19,23-24,26,28-29,31H,10-13,15-18,20-22H2,1-9H3,(H,47,48)/t26-,28+,29-,31+,38+,39-,40-,41+/m1/s1. The molecule has 5 aliphatic rings. The zero-order valence-electron chi connectivity index (χ0n) is 31.3. The van der Waals surface area contributed by atoms with E-state index in [2.05, 4.69) is 58.4 Å². The Morgan fingerprint density at radius 1 is 0.959 bits per heavy atom. The molecular weight excluding hydrogens is 616 g/mol. The highest BCUT2D eigenvalue weighted by atomic mass is 16.5. The van der Waals surface area contributed by atoms with Crippen molar-refractivity contribution in [3.8, 4) is 0 Å². The molecule has 8 heteroatoms. The van der Waals surface area contributed by atoms with Gasteiger partial charge in [-0.1, -0.05) is 48.5 Å². The van der Waals surface area contributed by atoms with Crippen molar-refractivity contribution in [2.24, 2.45) is 56.2 Å². The number of Topliss-reactive ketones (excluding diaryl/α,β-unsaturated/α-hetero) is 2. The van der Waals surface area contributed by atoms with Crippen LogP contribution in [-0.2, 0) is 30.3 Å². The number of hydrogen-bond donors (Lipinski definition) is 1. The summed E-state index contributed by atoms with van der Waals surface area (Å²) >= 11 is 0. The van der Waals surface area contributed by atoms with Crippen LogP contribution in [-0.4, -0.2) is 44.7 Å². The minimum absolute atomic E-state index is 0.0227. The zero-order chi connectivity index (χ0) is 35.9. The van der Waals surface area contributed by atoms with Crippen LogP contribution in [0, 0.1) is 56.2 Å². The lowest BCUT2D eigenvalue weighted by Crippen LogP contribution is -2.66. The molecule has 4 fully saturated rings. The van der Waals surface area contributed by atoms with Crippen LogP contribution in [0.1, 0.15) is 132 Å². The smallest absolute Gasteiger partial charge is 0.309 e. The maximum atomic E-state index is 14.4. The number of carbonyl (C=O) groups is 4. The molecule has 1 N–H and O–H groups in total. The Hall–Kier alpha value is -2.90. The summed E-state index contributed by atoms with van der Waals surface area (Å²) in [7, 11) is 0. The molecule has 0 amide bonds. The summed E-state index contributed by atoms with van der Waals surface area (Å²) in [5, 5.41) is 9.58. The minimum Gasteiger partial charge on any atom is -0.481 e. The van der Waals surface area contributed by atoms with E-state index in [4.69, 9.17) is 4.74 Å². The molecule has 8 nitrogen and oxygen atoms in total. The predicted molar refractivity (Wildman–Crippen MR) is 186 cm³/mol. The second kappa shape index (κ2) is 11.8. The summed E-state index contributed by atoms with van der Waals surface area (Å²) in [6, 6.07) is 1.81. The lowest BCUT2D eigenvalue weighted by Gasteiger charge is -2.72. The Morgan fingerprint density at radius 2 is 1.67 bits per heavy atom. The summed E-state index contributed by atoms with van der Waals surface area (Å²) in [6.07, 6.45) is 10.8. The molecule has 49 heavy (non-hydrogen) atoms. The minimum atomic E-state index is -1.17.